The van der Waals surface area contributed by atoms with Crippen LogP contribution in [0.15, 0.2) is 54.6 Å². The topological polar surface area (TPSA) is 72.3 Å². The molecular formula is C25H29N5O2. The molecule has 32 heavy (non-hydrogen) atoms. The number of fused-ring (bicyclic) bond motifs is 1. The van der Waals surface area contributed by atoms with E-state index in [-0.39, 0.29) is 11.8 Å². The maximum absolute atomic E-state index is 13.1. The number of hydrogen-bond donors (Lipinski definition) is 1. The summed E-state index contributed by atoms with van der Waals surface area (Å²) >= 11 is 0. The molecule has 2 heterocycles. The van der Waals surface area contributed by atoms with Crippen LogP contribution in [0.2, 0.25) is 0 Å². The molecule has 3 aromatic rings. The van der Waals surface area contributed by atoms with E-state index in [0.29, 0.717) is 38.0 Å². The Morgan fingerprint density at radius 2 is 1.88 bits per heavy atom. The SMILES string of the molecule is COc1ccccc1CN1Cc2nc(-c3ccccc3)nn2CC(C(=O)NC2CCC2)C1. The lowest BCUT2D eigenvalue weighted by atomic mass is 9.92. The van der Waals surface area contributed by atoms with Crippen LogP contribution in [0.1, 0.15) is 30.7 Å². The molecule has 2 aromatic carbocycles. The van der Waals surface area contributed by atoms with Crippen LogP contribution in [0, 0.1) is 5.92 Å². The average molecular weight is 432 g/mol. The normalized spacial score (nSPS) is 19.0. The molecule has 1 amide bonds. The van der Waals surface area contributed by atoms with E-state index in [4.69, 9.17) is 14.8 Å². The Kier molecular flexibility index (Phi) is 5.90. The van der Waals surface area contributed by atoms with Gasteiger partial charge in [-0.25, -0.2) is 9.67 Å². The van der Waals surface area contributed by atoms with Crippen molar-refractivity contribution in [3.63, 3.8) is 0 Å². The quantitative estimate of drug-likeness (QED) is 0.649. The molecule has 1 aliphatic heterocycles. The number of ether oxygens (including phenoxy) is 1. The van der Waals surface area contributed by atoms with Crippen LogP contribution in [0.5, 0.6) is 5.75 Å². The van der Waals surface area contributed by atoms with E-state index in [9.17, 15) is 4.79 Å². The summed E-state index contributed by atoms with van der Waals surface area (Å²) in [5, 5.41) is 8.01. The van der Waals surface area contributed by atoms with E-state index in [1.807, 2.05) is 53.2 Å². The molecule has 1 fully saturated rings. The van der Waals surface area contributed by atoms with Gasteiger partial charge in [0.15, 0.2) is 5.82 Å². The first-order chi connectivity index (χ1) is 15.7. The zero-order valence-corrected chi connectivity index (χ0v) is 18.4. The van der Waals surface area contributed by atoms with E-state index in [2.05, 4.69) is 16.3 Å². The van der Waals surface area contributed by atoms with Crippen molar-refractivity contribution in [2.24, 2.45) is 5.92 Å². The molecule has 1 unspecified atom stereocenters. The molecule has 0 radical (unpaired) electrons. The molecular weight excluding hydrogens is 402 g/mol. The smallest absolute Gasteiger partial charge is 0.226 e. The summed E-state index contributed by atoms with van der Waals surface area (Å²) in [6.45, 7) is 2.51. The number of nitrogens with zero attached hydrogens (tertiary/aromatic N) is 4. The fourth-order valence-electron chi connectivity index (χ4n) is 4.42. The van der Waals surface area contributed by atoms with E-state index in [0.717, 1.165) is 35.5 Å². The summed E-state index contributed by atoms with van der Waals surface area (Å²) in [5.74, 6) is 2.38. The van der Waals surface area contributed by atoms with Gasteiger partial charge in [0.2, 0.25) is 5.91 Å². The maximum atomic E-state index is 13.1. The number of carbonyl (C=O) groups excluding carboxylic acids is 1. The summed E-state index contributed by atoms with van der Waals surface area (Å²) in [5.41, 5.74) is 2.09. The lowest BCUT2D eigenvalue weighted by Crippen LogP contribution is -2.46. The molecule has 0 saturated heterocycles. The van der Waals surface area contributed by atoms with Gasteiger partial charge in [0.1, 0.15) is 11.6 Å². The number of methoxy groups -OCH3 is 1. The molecule has 166 valence electrons. The van der Waals surface area contributed by atoms with E-state index in [1.165, 1.54) is 6.42 Å². The van der Waals surface area contributed by atoms with Gasteiger partial charge in [0, 0.05) is 30.3 Å². The Bertz CT molecular complexity index is 1080. The van der Waals surface area contributed by atoms with Crippen molar-refractivity contribution in [3.8, 4) is 17.1 Å². The van der Waals surface area contributed by atoms with Crippen LogP contribution < -0.4 is 10.1 Å². The second-order valence-electron chi connectivity index (χ2n) is 8.71. The molecule has 1 saturated carbocycles. The number of carbonyl (C=O) groups is 1. The fourth-order valence-corrected chi connectivity index (χ4v) is 4.42. The van der Waals surface area contributed by atoms with Crippen molar-refractivity contribution < 1.29 is 9.53 Å². The Morgan fingerprint density at radius 3 is 2.62 bits per heavy atom. The fraction of sp³-hybridized carbons (Fsp3) is 0.400. The zero-order chi connectivity index (χ0) is 21.9. The Labute approximate surface area is 188 Å². The van der Waals surface area contributed by atoms with Crippen LogP contribution in [0.25, 0.3) is 11.4 Å². The molecule has 1 aliphatic carbocycles. The number of rotatable bonds is 6. The van der Waals surface area contributed by atoms with Crippen molar-refractivity contribution in [1.82, 2.24) is 25.0 Å². The molecule has 7 nitrogen and oxygen atoms in total. The van der Waals surface area contributed by atoms with Gasteiger partial charge in [-0.3, -0.25) is 9.69 Å². The third kappa shape index (κ3) is 4.39. The Morgan fingerprint density at radius 1 is 1.09 bits per heavy atom. The lowest BCUT2D eigenvalue weighted by molar-refractivity contribution is -0.127. The van der Waals surface area contributed by atoms with Gasteiger partial charge in [-0.1, -0.05) is 48.5 Å². The second-order valence-corrected chi connectivity index (χ2v) is 8.71. The minimum atomic E-state index is -0.183. The first-order valence-corrected chi connectivity index (χ1v) is 11.3. The molecule has 0 spiro atoms. The highest BCUT2D eigenvalue weighted by Gasteiger charge is 2.31. The predicted octanol–water partition coefficient (Wildman–Crippen LogP) is 3.25. The van der Waals surface area contributed by atoms with Gasteiger partial charge < -0.3 is 10.1 Å². The van der Waals surface area contributed by atoms with Crippen molar-refractivity contribution in [2.75, 3.05) is 13.7 Å². The monoisotopic (exact) mass is 431 g/mol. The van der Waals surface area contributed by atoms with Gasteiger partial charge in [-0.15, -0.1) is 0 Å². The molecule has 7 heteroatoms. The van der Waals surface area contributed by atoms with Gasteiger partial charge in [-0.2, -0.15) is 5.10 Å². The predicted molar refractivity (Wildman–Crippen MR) is 122 cm³/mol. The summed E-state index contributed by atoms with van der Waals surface area (Å²) in [4.78, 5) is 20.3. The van der Waals surface area contributed by atoms with Gasteiger partial charge in [-0.05, 0) is 25.3 Å². The van der Waals surface area contributed by atoms with E-state index in [1.54, 1.807) is 7.11 Å². The number of para-hydroxylation sites is 1. The van der Waals surface area contributed by atoms with Crippen LogP contribution >= 0.6 is 0 Å². The van der Waals surface area contributed by atoms with E-state index < -0.39 is 0 Å². The number of nitrogens with one attached hydrogen (secondary N) is 1. The molecule has 0 bridgehead atoms. The van der Waals surface area contributed by atoms with Gasteiger partial charge in [0.25, 0.3) is 0 Å². The first-order valence-electron chi connectivity index (χ1n) is 11.3. The standard InChI is InChI=1S/C25H29N5O2/c1-32-22-13-6-5-10-19(22)14-29-15-20(25(31)26-21-11-7-12-21)16-30-23(17-29)27-24(28-30)18-8-3-2-4-9-18/h2-6,8-10,13,20-21H,7,11-12,14-17H2,1H3,(H,26,31). The highest BCUT2D eigenvalue weighted by Crippen LogP contribution is 2.25. The number of hydrogen-bond acceptors (Lipinski definition) is 5. The summed E-state index contributed by atoms with van der Waals surface area (Å²) in [6.07, 6.45) is 3.36. The Balaban J connectivity index is 1.43. The van der Waals surface area contributed by atoms with Crippen LogP contribution in [0.3, 0.4) is 0 Å². The number of amides is 1. The van der Waals surface area contributed by atoms with Crippen molar-refractivity contribution >= 4 is 5.91 Å². The molecule has 1 N–H and O–H groups in total. The van der Waals surface area contributed by atoms with E-state index >= 15 is 0 Å². The first kappa shape index (κ1) is 20.7. The van der Waals surface area contributed by atoms with Crippen LogP contribution in [-0.2, 0) is 24.4 Å². The average Bonchev–Trinajstić information content (AvgIpc) is 3.10. The Hall–Kier alpha value is -3.19. The molecule has 5 rings (SSSR count). The highest BCUT2D eigenvalue weighted by molar-refractivity contribution is 5.79. The molecule has 1 atom stereocenters. The van der Waals surface area contributed by atoms with Crippen LogP contribution in [-0.4, -0.2) is 45.3 Å². The third-order valence-corrected chi connectivity index (χ3v) is 6.43. The zero-order valence-electron chi connectivity index (χ0n) is 18.4. The highest BCUT2D eigenvalue weighted by atomic mass is 16.5. The van der Waals surface area contributed by atoms with Crippen molar-refractivity contribution in [1.29, 1.82) is 0 Å². The number of aromatic nitrogens is 3. The summed E-state index contributed by atoms with van der Waals surface area (Å²) in [6, 6.07) is 18.4. The third-order valence-electron chi connectivity index (χ3n) is 6.43. The number of benzene rings is 2. The maximum Gasteiger partial charge on any atom is 0.226 e. The molecule has 1 aromatic heterocycles. The van der Waals surface area contributed by atoms with Gasteiger partial charge >= 0.3 is 0 Å². The summed E-state index contributed by atoms with van der Waals surface area (Å²) < 4.78 is 7.49. The van der Waals surface area contributed by atoms with Crippen LogP contribution in [0.4, 0.5) is 0 Å². The summed E-state index contributed by atoms with van der Waals surface area (Å²) in [7, 11) is 1.69. The minimum Gasteiger partial charge on any atom is -0.496 e. The largest absolute Gasteiger partial charge is 0.496 e. The molecule has 2 aliphatic rings. The second kappa shape index (κ2) is 9.12. The lowest BCUT2D eigenvalue weighted by Gasteiger charge is -2.29. The van der Waals surface area contributed by atoms with Crippen molar-refractivity contribution in [3.05, 3.63) is 66.0 Å². The van der Waals surface area contributed by atoms with Crippen molar-refractivity contribution in [2.45, 2.75) is 44.9 Å². The van der Waals surface area contributed by atoms with Gasteiger partial charge in [0.05, 0.1) is 26.1 Å². The minimum absolute atomic E-state index is 0.115.